The number of hydrogen-bond acceptors (Lipinski definition) is 2. The van der Waals surface area contributed by atoms with Crippen LogP contribution < -0.4 is 10.5 Å². The number of ether oxygens (including phenoxy) is 1. The van der Waals surface area contributed by atoms with Gasteiger partial charge in [0, 0.05) is 5.02 Å². The average molecular weight is 242 g/mol. The molecule has 0 heterocycles. The molecular weight excluding hydrogens is 222 g/mol. The van der Waals surface area contributed by atoms with Crippen molar-refractivity contribution >= 4 is 11.6 Å². The van der Waals surface area contributed by atoms with Crippen LogP contribution in [-0.4, -0.2) is 13.7 Å². The first-order chi connectivity index (χ1) is 7.69. The minimum atomic E-state index is 0.477. The van der Waals surface area contributed by atoms with E-state index in [1.807, 2.05) is 18.2 Å². The predicted molar refractivity (Wildman–Crippen MR) is 69.3 cm³/mol. The van der Waals surface area contributed by atoms with Gasteiger partial charge < -0.3 is 10.5 Å². The maximum atomic E-state index is 6.21. The van der Waals surface area contributed by atoms with Crippen molar-refractivity contribution in [1.82, 2.24) is 0 Å². The van der Waals surface area contributed by atoms with E-state index >= 15 is 0 Å². The van der Waals surface area contributed by atoms with Crippen LogP contribution in [0.2, 0.25) is 5.02 Å². The molecule has 1 rings (SSSR count). The van der Waals surface area contributed by atoms with E-state index in [-0.39, 0.29) is 0 Å². The van der Waals surface area contributed by atoms with E-state index in [1.165, 1.54) is 5.56 Å². The Balaban J connectivity index is 2.64. The van der Waals surface area contributed by atoms with Crippen LogP contribution >= 0.6 is 11.6 Å². The lowest BCUT2D eigenvalue weighted by Crippen LogP contribution is -2.00. The molecule has 0 radical (unpaired) electrons. The van der Waals surface area contributed by atoms with Gasteiger partial charge in [-0.05, 0) is 43.0 Å². The Kier molecular flexibility index (Phi) is 5.64. The monoisotopic (exact) mass is 241 g/mol. The Morgan fingerprint density at radius 1 is 1.38 bits per heavy atom. The van der Waals surface area contributed by atoms with Crippen molar-refractivity contribution in [3.63, 3.8) is 0 Å². The molecule has 0 aliphatic heterocycles. The summed E-state index contributed by atoms with van der Waals surface area (Å²) in [6.45, 7) is 2.97. The fraction of sp³-hybridized carbons (Fsp3) is 0.538. The summed E-state index contributed by atoms with van der Waals surface area (Å²) in [6.07, 6.45) is 3.36. The number of halogens is 1. The summed E-state index contributed by atoms with van der Waals surface area (Å²) in [5.74, 6) is 1.29. The molecule has 0 spiro atoms. The fourth-order valence-corrected chi connectivity index (χ4v) is 2.14. The highest BCUT2D eigenvalue weighted by atomic mass is 35.5. The van der Waals surface area contributed by atoms with Gasteiger partial charge in [-0.25, -0.2) is 0 Å². The third kappa shape index (κ3) is 3.69. The zero-order valence-electron chi connectivity index (χ0n) is 10.0. The van der Waals surface area contributed by atoms with Crippen molar-refractivity contribution in [3.05, 3.63) is 28.8 Å². The smallest absolute Gasteiger partial charge is 0.120 e. The van der Waals surface area contributed by atoms with E-state index < -0.39 is 0 Å². The zero-order chi connectivity index (χ0) is 12.0. The second-order valence-electron chi connectivity index (χ2n) is 4.07. The van der Waals surface area contributed by atoms with Gasteiger partial charge in [-0.15, -0.1) is 0 Å². The Bertz CT molecular complexity index is 328. The first kappa shape index (κ1) is 13.3. The molecule has 1 unspecified atom stereocenters. The normalized spacial score (nSPS) is 12.5. The number of unbranched alkanes of at least 4 members (excludes halogenated alkanes) is 1. The van der Waals surface area contributed by atoms with E-state index in [2.05, 4.69) is 6.92 Å². The van der Waals surface area contributed by atoms with Gasteiger partial charge in [0.1, 0.15) is 5.75 Å². The van der Waals surface area contributed by atoms with E-state index in [9.17, 15) is 0 Å². The summed E-state index contributed by atoms with van der Waals surface area (Å²) < 4.78 is 5.13. The van der Waals surface area contributed by atoms with Crippen LogP contribution in [0.25, 0.3) is 0 Å². The molecule has 16 heavy (non-hydrogen) atoms. The Morgan fingerprint density at radius 3 is 2.69 bits per heavy atom. The molecule has 0 fully saturated rings. The first-order valence-corrected chi connectivity index (χ1v) is 6.10. The molecule has 2 N–H and O–H groups in total. The van der Waals surface area contributed by atoms with Crippen molar-refractivity contribution in [2.24, 2.45) is 5.73 Å². The SMILES string of the molecule is COc1ccc(C(C)CCCCN)c(Cl)c1. The van der Waals surface area contributed by atoms with Gasteiger partial charge in [0.05, 0.1) is 7.11 Å². The zero-order valence-corrected chi connectivity index (χ0v) is 10.8. The number of nitrogens with two attached hydrogens (primary N) is 1. The van der Waals surface area contributed by atoms with Crippen molar-refractivity contribution in [2.75, 3.05) is 13.7 Å². The summed E-state index contributed by atoms with van der Waals surface area (Å²) in [6, 6.07) is 5.88. The number of methoxy groups -OCH3 is 1. The molecule has 0 saturated carbocycles. The molecule has 90 valence electrons. The summed E-state index contributed by atoms with van der Waals surface area (Å²) in [4.78, 5) is 0. The molecule has 1 atom stereocenters. The number of hydrogen-bond donors (Lipinski definition) is 1. The van der Waals surface area contributed by atoms with Gasteiger partial charge in [-0.2, -0.15) is 0 Å². The van der Waals surface area contributed by atoms with Crippen molar-refractivity contribution in [1.29, 1.82) is 0 Å². The largest absolute Gasteiger partial charge is 0.497 e. The summed E-state index contributed by atoms with van der Waals surface area (Å²) in [5, 5.41) is 0.791. The summed E-state index contributed by atoms with van der Waals surface area (Å²) >= 11 is 6.21. The molecule has 0 bridgehead atoms. The van der Waals surface area contributed by atoms with Crippen molar-refractivity contribution in [3.8, 4) is 5.75 Å². The molecular formula is C13H20ClNO. The minimum Gasteiger partial charge on any atom is -0.497 e. The van der Waals surface area contributed by atoms with Crippen LogP contribution in [0.1, 0.15) is 37.7 Å². The van der Waals surface area contributed by atoms with E-state index in [0.717, 1.165) is 36.6 Å². The maximum Gasteiger partial charge on any atom is 0.120 e. The third-order valence-electron chi connectivity index (χ3n) is 2.83. The van der Waals surface area contributed by atoms with Crippen LogP contribution in [0.5, 0.6) is 5.75 Å². The number of benzene rings is 1. The highest BCUT2D eigenvalue weighted by molar-refractivity contribution is 6.31. The van der Waals surface area contributed by atoms with Crippen LogP contribution in [0.3, 0.4) is 0 Å². The van der Waals surface area contributed by atoms with E-state index in [4.69, 9.17) is 22.1 Å². The lowest BCUT2D eigenvalue weighted by molar-refractivity contribution is 0.414. The van der Waals surface area contributed by atoms with Gasteiger partial charge >= 0.3 is 0 Å². The second kappa shape index (κ2) is 6.77. The van der Waals surface area contributed by atoms with Gasteiger partial charge in [0.25, 0.3) is 0 Å². The Labute approximate surface area is 103 Å². The van der Waals surface area contributed by atoms with Gasteiger partial charge in [-0.3, -0.25) is 0 Å². The van der Waals surface area contributed by atoms with E-state index in [1.54, 1.807) is 7.11 Å². The lowest BCUT2D eigenvalue weighted by atomic mass is 9.95. The fourth-order valence-electron chi connectivity index (χ4n) is 1.78. The van der Waals surface area contributed by atoms with Crippen molar-refractivity contribution < 1.29 is 4.74 Å². The van der Waals surface area contributed by atoms with Crippen LogP contribution in [0.4, 0.5) is 0 Å². The molecule has 3 heteroatoms. The van der Waals surface area contributed by atoms with E-state index in [0.29, 0.717) is 5.92 Å². The molecule has 0 amide bonds. The molecule has 2 nitrogen and oxygen atoms in total. The first-order valence-electron chi connectivity index (χ1n) is 5.72. The van der Waals surface area contributed by atoms with Gasteiger partial charge in [0.15, 0.2) is 0 Å². The predicted octanol–water partition coefficient (Wildman–Crippen LogP) is 3.58. The summed E-state index contributed by atoms with van der Waals surface area (Å²) in [7, 11) is 1.65. The molecule has 0 aliphatic rings. The molecule has 0 aliphatic carbocycles. The highest BCUT2D eigenvalue weighted by Crippen LogP contribution is 2.30. The average Bonchev–Trinajstić information content (AvgIpc) is 2.29. The standard InChI is InChI=1S/C13H20ClNO/c1-10(5-3-4-8-15)12-7-6-11(16-2)9-13(12)14/h6-7,9-10H,3-5,8,15H2,1-2H3. The number of rotatable bonds is 6. The van der Waals surface area contributed by atoms with Crippen LogP contribution in [0, 0.1) is 0 Å². The maximum absolute atomic E-state index is 6.21. The second-order valence-corrected chi connectivity index (χ2v) is 4.48. The Hall–Kier alpha value is -0.730. The molecule has 1 aromatic carbocycles. The van der Waals surface area contributed by atoms with Crippen LogP contribution in [0.15, 0.2) is 18.2 Å². The quantitative estimate of drug-likeness (QED) is 0.773. The van der Waals surface area contributed by atoms with Crippen molar-refractivity contribution in [2.45, 2.75) is 32.1 Å². The minimum absolute atomic E-state index is 0.477. The topological polar surface area (TPSA) is 35.2 Å². The lowest BCUT2D eigenvalue weighted by Gasteiger charge is -2.14. The molecule has 0 aromatic heterocycles. The third-order valence-corrected chi connectivity index (χ3v) is 3.16. The summed E-state index contributed by atoms with van der Waals surface area (Å²) in [5.41, 5.74) is 6.67. The Morgan fingerprint density at radius 2 is 2.12 bits per heavy atom. The van der Waals surface area contributed by atoms with Gasteiger partial charge in [-0.1, -0.05) is 31.0 Å². The molecule has 0 saturated heterocycles. The van der Waals surface area contributed by atoms with Gasteiger partial charge in [0.2, 0.25) is 0 Å². The molecule has 1 aromatic rings. The highest BCUT2D eigenvalue weighted by Gasteiger charge is 2.10. The van der Waals surface area contributed by atoms with Crippen LogP contribution in [-0.2, 0) is 0 Å².